The zero-order valence-electron chi connectivity index (χ0n) is 19.5. The Kier molecular flexibility index (Phi) is 8.63. The lowest BCUT2D eigenvalue weighted by molar-refractivity contribution is -0.114. The van der Waals surface area contributed by atoms with Crippen LogP contribution < -0.4 is 20.1 Å². The Morgan fingerprint density at radius 1 is 0.735 bits per heavy atom. The topological polar surface area (TPSA) is 76.7 Å². The van der Waals surface area contributed by atoms with Crippen molar-refractivity contribution in [1.82, 2.24) is 0 Å². The molecule has 0 radical (unpaired) electrons. The Hall–Kier alpha value is -4.32. The molecule has 0 heterocycles. The van der Waals surface area contributed by atoms with Gasteiger partial charge in [-0.25, -0.2) is 0 Å². The van der Waals surface area contributed by atoms with Gasteiger partial charge in [0.05, 0.1) is 0 Å². The number of hydrogen-bond donors (Lipinski definition) is 2. The number of anilines is 2. The number of benzene rings is 3. The average molecular weight is 457 g/mol. The number of hydrogen-bond acceptors (Lipinski definition) is 4. The van der Waals surface area contributed by atoms with E-state index in [4.69, 9.17) is 9.47 Å². The summed E-state index contributed by atoms with van der Waals surface area (Å²) in [6, 6.07) is 21.6. The van der Waals surface area contributed by atoms with Crippen molar-refractivity contribution in [2.45, 2.75) is 27.2 Å². The molecule has 2 N–H and O–H groups in total. The number of amides is 2. The van der Waals surface area contributed by atoms with Gasteiger partial charge in [-0.1, -0.05) is 25.2 Å². The van der Waals surface area contributed by atoms with E-state index < -0.39 is 0 Å². The second kappa shape index (κ2) is 12.1. The van der Waals surface area contributed by atoms with Crippen LogP contribution >= 0.6 is 0 Å². The van der Waals surface area contributed by atoms with E-state index in [0.29, 0.717) is 39.9 Å². The quantitative estimate of drug-likeness (QED) is 0.266. The van der Waals surface area contributed by atoms with Crippen LogP contribution in [0.2, 0.25) is 0 Å². The molecule has 0 aromatic heterocycles. The summed E-state index contributed by atoms with van der Waals surface area (Å²) in [5.41, 5.74) is 2.04. The molecule has 0 saturated carbocycles. The Balaban J connectivity index is 1.56. The number of ether oxygens (including phenoxy) is 2. The van der Waals surface area contributed by atoms with E-state index in [-0.39, 0.29) is 11.8 Å². The van der Waals surface area contributed by atoms with Crippen LogP contribution in [0.15, 0.2) is 96.6 Å². The maximum Gasteiger partial charge on any atom is 0.255 e. The maximum absolute atomic E-state index is 12.4. The van der Waals surface area contributed by atoms with Crippen LogP contribution in [-0.2, 0) is 9.59 Å². The molecule has 0 fully saturated rings. The van der Waals surface area contributed by atoms with Crippen LogP contribution in [0, 0.1) is 0 Å². The predicted molar refractivity (Wildman–Crippen MR) is 136 cm³/mol. The Morgan fingerprint density at radius 3 is 1.53 bits per heavy atom. The molecular formula is C28H28N2O4. The zero-order valence-corrected chi connectivity index (χ0v) is 19.5. The molecule has 0 aliphatic carbocycles. The van der Waals surface area contributed by atoms with E-state index in [1.807, 2.05) is 50.3 Å². The maximum atomic E-state index is 12.4. The minimum absolute atomic E-state index is 0.119. The molecule has 0 atom stereocenters. The number of nitrogens with one attached hydrogen (secondary N) is 2. The van der Waals surface area contributed by atoms with Crippen LogP contribution in [-0.4, -0.2) is 11.8 Å². The van der Waals surface area contributed by atoms with Crippen molar-refractivity contribution in [2.75, 3.05) is 10.6 Å². The molecule has 6 heteroatoms. The summed E-state index contributed by atoms with van der Waals surface area (Å²) in [6.45, 7) is 5.34. The minimum Gasteiger partial charge on any atom is -0.457 e. The van der Waals surface area contributed by atoms with Gasteiger partial charge in [-0.15, -0.1) is 0 Å². The van der Waals surface area contributed by atoms with E-state index in [0.717, 1.165) is 6.42 Å². The predicted octanol–water partition coefficient (Wildman–Crippen LogP) is 7.08. The molecule has 0 unspecified atom stereocenters. The number of allylic oxidation sites excluding steroid dienone is 2. The van der Waals surface area contributed by atoms with Crippen molar-refractivity contribution in [2.24, 2.45) is 0 Å². The minimum atomic E-state index is -0.144. The average Bonchev–Trinajstić information content (AvgIpc) is 2.82. The van der Waals surface area contributed by atoms with Crippen molar-refractivity contribution in [1.29, 1.82) is 0 Å². The van der Waals surface area contributed by atoms with Gasteiger partial charge in [0.15, 0.2) is 0 Å². The summed E-state index contributed by atoms with van der Waals surface area (Å²) in [5, 5.41) is 5.61. The van der Waals surface area contributed by atoms with Gasteiger partial charge < -0.3 is 20.1 Å². The second-order valence-electron chi connectivity index (χ2n) is 7.43. The largest absolute Gasteiger partial charge is 0.457 e. The molecule has 0 aliphatic heterocycles. The van der Waals surface area contributed by atoms with E-state index in [1.165, 1.54) is 6.92 Å². The third-order valence-corrected chi connectivity index (χ3v) is 4.61. The van der Waals surface area contributed by atoms with Crippen molar-refractivity contribution in [3.63, 3.8) is 0 Å². The molecular weight excluding hydrogens is 428 g/mol. The van der Waals surface area contributed by atoms with Crippen molar-refractivity contribution in [3.8, 4) is 23.0 Å². The lowest BCUT2D eigenvalue weighted by Gasteiger charge is -2.10. The fourth-order valence-electron chi connectivity index (χ4n) is 3.10. The molecule has 0 spiro atoms. The first-order chi connectivity index (χ1) is 16.5. The van der Waals surface area contributed by atoms with Gasteiger partial charge in [0.2, 0.25) is 5.91 Å². The molecule has 3 rings (SSSR count). The van der Waals surface area contributed by atoms with Gasteiger partial charge in [0.25, 0.3) is 5.91 Å². The Morgan fingerprint density at radius 2 is 1.15 bits per heavy atom. The van der Waals surface area contributed by atoms with E-state index in [9.17, 15) is 9.59 Å². The first-order valence-electron chi connectivity index (χ1n) is 11.0. The summed E-state index contributed by atoms with van der Waals surface area (Å²) >= 11 is 0. The van der Waals surface area contributed by atoms with Crippen molar-refractivity contribution >= 4 is 23.2 Å². The highest BCUT2D eigenvalue weighted by Gasteiger charge is 2.07. The van der Waals surface area contributed by atoms with E-state index in [1.54, 1.807) is 54.6 Å². The first kappa shape index (κ1) is 24.3. The lowest BCUT2D eigenvalue weighted by atomic mass is 10.2. The number of carbonyl (C=O) groups excluding carboxylic acids is 2. The van der Waals surface area contributed by atoms with Gasteiger partial charge in [0.1, 0.15) is 23.0 Å². The van der Waals surface area contributed by atoms with Gasteiger partial charge >= 0.3 is 0 Å². The van der Waals surface area contributed by atoms with Gasteiger partial charge in [-0.05, 0) is 86.1 Å². The summed E-state index contributed by atoms with van der Waals surface area (Å²) in [4.78, 5) is 23.5. The zero-order chi connectivity index (χ0) is 24.3. The fraction of sp³-hybridized carbons (Fsp3) is 0.143. The number of carbonyl (C=O) groups is 2. The molecule has 3 aromatic rings. The third-order valence-electron chi connectivity index (χ3n) is 4.61. The number of rotatable bonds is 9. The lowest BCUT2D eigenvalue weighted by Crippen LogP contribution is -2.13. The summed E-state index contributed by atoms with van der Waals surface area (Å²) in [5.74, 6) is 2.37. The molecule has 0 saturated heterocycles. The van der Waals surface area contributed by atoms with Gasteiger partial charge in [0, 0.05) is 23.9 Å². The van der Waals surface area contributed by atoms with E-state index in [2.05, 4.69) is 10.6 Å². The molecule has 34 heavy (non-hydrogen) atoms. The van der Waals surface area contributed by atoms with Gasteiger partial charge in [-0.2, -0.15) is 0 Å². The van der Waals surface area contributed by atoms with Crippen LogP contribution in [0.25, 0.3) is 0 Å². The third kappa shape index (κ3) is 7.38. The summed E-state index contributed by atoms with van der Waals surface area (Å²) in [6.07, 6.45) is 6.32. The first-order valence-corrected chi connectivity index (χ1v) is 11.0. The fourth-order valence-corrected chi connectivity index (χ4v) is 3.10. The highest BCUT2D eigenvalue weighted by molar-refractivity contribution is 6.05. The van der Waals surface area contributed by atoms with Crippen molar-refractivity contribution in [3.05, 3.63) is 96.6 Å². The molecule has 2 amide bonds. The van der Waals surface area contributed by atoms with E-state index >= 15 is 0 Å². The Bertz CT molecular complexity index is 1160. The molecule has 6 nitrogen and oxygen atoms in total. The molecule has 174 valence electrons. The highest BCUT2D eigenvalue weighted by Crippen LogP contribution is 2.28. The smallest absolute Gasteiger partial charge is 0.255 e. The standard InChI is InChI=1S/C28H28N2O4/c1-4-6-21(7-5-2)28(32)30-23-10-14-25(15-11-23)34-27-18-16-26(17-19-27)33-24-12-8-22(9-13-24)29-20(3)31/h4,6-19H,5H2,1-3H3,(H,29,31)(H,30,32)/b6-4-,21-7+. The summed E-state index contributed by atoms with van der Waals surface area (Å²) < 4.78 is 11.7. The van der Waals surface area contributed by atoms with Crippen LogP contribution in [0.4, 0.5) is 11.4 Å². The SMILES string of the molecule is C/C=C\C(=C/CC)C(=O)Nc1ccc(Oc2ccc(Oc3ccc(NC(C)=O)cc3)cc2)cc1. The molecule has 0 aliphatic rings. The monoisotopic (exact) mass is 456 g/mol. The Labute approximate surface area is 199 Å². The second-order valence-corrected chi connectivity index (χ2v) is 7.43. The van der Waals surface area contributed by atoms with Crippen LogP contribution in [0.3, 0.4) is 0 Å². The molecule has 3 aromatic carbocycles. The highest BCUT2D eigenvalue weighted by atomic mass is 16.5. The molecule has 0 bridgehead atoms. The summed E-state index contributed by atoms with van der Waals surface area (Å²) in [7, 11) is 0. The van der Waals surface area contributed by atoms with Crippen LogP contribution in [0.5, 0.6) is 23.0 Å². The normalized spacial score (nSPS) is 11.2. The van der Waals surface area contributed by atoms with Crippen molar-refractivity contribution < 1.29 is 19.1 Å². The van der Waals surface area contributed by atoms with Crippen LogP contribution in [0.1, 0.15) is 27.2 Å². The van der Waals surface area contributed by atoms with Gasteiger partial charge in [-0.3, -0.25) is 9.59 Å².